The van der Waals surface area contributed by atoms with Crippen LogP contribution in [0.3, 0.4) is 0 Å². The fourth-order valence-corrected chi connectivity index (χ4v) is 2.89. The van der Waals surface area contributed by atoms with E-state index in [2.05, 4.69) is 12.2 Å². The van der Waals surface area contributed by atoms with E-state index in [0.717, 1.165) is 18.7 Å². The molecule has 5 heteroatoms. The summed E-state index contributed by atoms with van der Waals surface area (Å²) < 4.78 is 30.7. The highest BCUT2D eigenvalue weighted by atomic mass is 32.2. The highest BCUT2D eigenvalue weighted by Crippen LogP contribution is 2.14. The van der Waals surface area contributed by atoms with Gasteiger partial charge in [0.2, 0.25) is 0 Å². The average Bonchev–Trinajstić information content (AvgIpc) is 2.49. The molecule has 0 saturated carbocycles. The van der Waals surface area contributed by atoms with E-state index in [9.17, 15) is 8.42 Å². The predicted molar refractivity (Wildman–Crippen MR) is 92.0 cm³/mol. The van der Waals surface area contributed by atoms with E-state index < -0.39 is 10.1 Å². The maximum atomic E-state index is 10.9. The standard InChI is InChI=1S/C17H29NO3S/c1-2-3-4-5-6-7-8-9-10-15-18-16-11-13-17(14-12-16)22(19,20)21/h11-14,18H,2-10,15H2,1H3,(H,19,20,21). The van der Waals surface area contributed by atoms with Gasteiger partial charge < -0.3 is 5.32 Å². The van der Waals surface area contributed by atoms with Gasteiger partial charge in [-0.1, -0.05) is 58.3 Å². The summed E-state index contributed by atoms with van der Waals surface area (Å²) in [7, 11) is -4.09. The van der Waals surface area contributed by atoms with Gasteiger partial charge in [0.15, 0.2) is 0 Å². The van der Waals surface area contributed by atoms with E-state index in [4.69, 9.17) is 4.55 Å². The molecule has 0 aliphatic rings. The lowest BCUT2D eigenvalue weighted by molar-refractivity contribution is 0.483. The summed E-state index contributed by atoms with van der Waals surface area (Å²) in [5.74, 6) is 0. The largest absolute Gasteiger partial charge is 0.385 e. The molecule has 0 spiro atoms. The summed E-state index contributed by atoms with van der Waals surface area (Å²) in [5, 5.41) is 3.27. The predicted octanol–water partition coefficient (Wildman–Crippen LogP) is 4.88. The monoisotopic (exact) mass is 327 g/mol. The Morgan fingerprint density at radius 3 is 1.86 bits per heavy atom. The van der Waals surface area contributed by atoms with Gasteiger partial charge in [-0.2, -0.15) is 8.42 Å². The molecule has 0 heterocycles. The number of anilines is 1. The lowest BCUT2D eigenvalue weighted by Crippen LogP contribution is -2.02. The first-order chi connectivity index (χ1) is 10.5. The quantitative estimate of drug-likeness (QED) is 0.424. The molecule has 1 aromatic carbocycles. The second-order valence-corrected chi connectivity index (χ2v) is 7.18. The topological polar surface area (TPSA) is 66.4 Å². The van der Waals surface area contributed by atoms with Gasteiger partial charge in [-0.3, -0.25) is 4.55 Å². The van der Waals surface area contributed by atoms with Crippen molar-refractivity contribution in [1.29, 1.82) is 0 Å². The SMILES string of the molecule is CCCCCCCCCCCNc1ccc(S(=O)(=O)O)cc1. The third kappa shape index (κ3) is 8.39. The third-order valence-electron chi connectivity index (χ3n) is 3.76. The van der Waals surface area contributed by atoms with E-state index >= 15 is 0 Å². The van der Waals surface area contributed by atoms with Crippen LogP contribution in [0.4, 0.5) is 5.69 Å². The average molecular weight is 327 g/mol. The summed E-state index contributed by atoms with van der Waals surface area (Å²) in [6, 6.07) is 6.18. The zero-order valence-corrected chi connectivity index (χ0v) is 14.4. The molecule has 0 aromatic heterocycles. The molecule has 126 valence electrons. The fraction of sp³-hybridized carbons (Fsp3) is 0.647. The number of hydrogen-bond acceptors (Lipinski definition) is 3. The minimum absolute atomic E-state index is 0.0684. The molecule has 4 nitrogen and oxygen atoms in total. The number of hydrogen-bond donors (Lipinski definition) is 2. The smallest absolute Gasteiger partial charge is 0.294 e. The van der Waals surface area contributed by atoms with Gasteiger partial charge in [0, 0.05) is 12.2 Å². The molecule has 22 heavy (non-hydrogen) atoms. The first kappa shape index (κ1) is 19.0. The zero-order valence-electron chi connectivity index (χ0n) is 13.6. The highest BCUT2D eigenvalue weighted by Gasteiger charge is 2.07. The van der Waals surface area contributed by atoms with Crippen molar-refractivity contribution in [2.45, 2.75) is 69.6 Å². The minimum Gasteiger partial charge on any atom is -0.385 e. The van der Waals surface area contributed by atoms with Crippen molar-refractivity contribution >= 4 is 15.8 Å². The summed E-state index contributed by atoms with van der Waals surface area (Å²) in [5.41, 5.74) is 0.881. The van der Waals surface area contributed by atoms with Gasteiger partial charge in [-0.15, -0.1) is 0 Å². The maximum Gasteiger partial charge on any atom is 0.294 e. The second kappa shape index (κ2) is 10.6. The van der Waals surface area contributed by atoms with E-state index in [1.807, 2.05) is 0 Å². The maximum absolute atomic E-state index is 10.9. The zero-order chi connectivity index (χ0) is 16.3. The third-order valence-corrected chi connectivity index (χ3v) is 4.63. The molecule has 0 atom stereocenters. The van der Waals surface area contributed by atoms with Crippen LogP contribution in [0.2, 0.25) is 0 Å². The first-order valence-corrected chi connectivity index (χ1v) is 9.79. The Balaban J connectivity index is 2.05. The van der Waals surface area contributed by atoms with Crippen LogP contribution in [0.25, 0.3) is 0 Å². The number of benzene rings is 1. The van der Waals surface area contributed by atoms with Gasteiger partial charge in [0.25, 0.3) is 10.1 Å². The van der Waals surface area contributed by atoms with Gasteiger partial charge >= 0.3 is 0 Å². The van der Waals surface area contributed by atoms with Gasteiger partial charge in [-0.05, 0) is 30.7 Å². The van der Waals surface area contributed by atoms with Crippen LogP contribution in [0.15, 0.2) is 29.2 Å². The van der Waals surface area contributed by atoms with E-state index in [-0.39, 0.29) is 4.90 Å². The normalized spacial score (nSPS) is 11.5. The number of rotatable bonds is 12. The van der Waals surface area contributed by atoms with Crippen molar-refractivity contribution in [3.05, 3.63) is 24.3 Å². The van der Waals surface area contributed by atoms with Crippen molar-refractivity contribution in [2.75, 3.05) is 11.9 Å². The first-order valence-electron chi connectivity index (χ1n) is 8.35. The molecule has 0 aliphatic heterocycles. The molecule has 1 aromatic rings. The van der Waals surface area contributed by atoms with Gasteiger partial charge in [0.1, 0.15) is 0 Å². The molecule has 0 amide bonds. The highest BCUT2D eigenvalue weighted by molar-refractivity contribution is 7.85. The van der Waals surface area contributed by atoms with E-state index in [0.29, 0.717) is 0 Å². The van der Waals surface area contributed by atoms with Crippen LogP contribution >= 0.6 is 0 Å². The lowest BCUT2D eigenvalue weighted by atomic mass is 10.1. The number of unbranched alkanes of at least 4 members (excludes halogenated alkanes) is 8. The summed E-state index contributed by atoms with van der Waals surface area (Å²) in [4.78, 5) is -0.0684. The van der Waals surface area contributed by atoms with E-state index in [1.165, 1.54) is 63.5 Å². The van der Waals surface area contributed by atoms with Crippen molar-refractivity contribution in [2.24, 2.45) is 0 Å². The summed E-state index contributed by atoms with van der Waals surface area (Å²) in [6.45, 7) is 3.13. The molecule has 0 aliphatic carbocycles. The lowest BCUT2D eigenvalue weighted by Gasteiger charge is -2.07. The van der Waals surface area contributed by atoms with E-state index in [1.54, 1.807) is 12.1 Å². The molecule has 0 fully saturated rings. The molecule has 0 saturated heterocycles. The Hall–Kier alpha value is -1.07. The van der Waals surface area contributed by atoms with Crippen LogP contribution < -0.4 is 5.32 Å². The molecular weight excluding hydrogens is 298 g/mol. The molecule has 0 radical (unpaired) electrons. The van der Waals surface area contributed by atoms with Gasteiger partial charge in [0.05, 0.1) is 4.90 Å². The Morgan fingerprint density at radius 1 is 0.864 bits per heavy atom. The van der Waals surface area contributed by atoms with Crippen molar-refractivity contribution < 1.29 is 13.0 Å². The molecular formula is C17H29NO3S. The molecule has 1 rings (SSSR count). The van der Waals surface area contributed by atoms with Crippen LogP contribution in [0, 0.1) is 0 Å². The molecule has 0 bridgehead atoms. The summed E-state index contributed by atoms with van der Waals surface area (Å²) in [6.07, 6.45) is 11.7. The second-order valence-electron chi connectivity index (χ2n) is 5.75. The van der Waals surface area contributed by atoms with Crippen LogP contribution in [-0.4, -0.2) is 19.5 Å². The molecule has 0 unspecified atom stereocenters. The molecule has 2 N–H and O–H groups in total. The van der Waals surface area contributed by atoms with Crippen molar-refractivity contribution in [3.8, 4) is 0 Å². The van der Waals surface area contributed by atoms with Crippen LogP contribution in [0.5, 0.6) is 0 Å². The Kier molecular flexibility index (Phi) is 9.16. The van der Waals surface area contributed by atoms with Crippen LogP contribution in [-0.2, 0) is 10.1 Å². The minimum atomic E-state index is -4.09. The van der Waals surface area contributed by atoms with Crippen molar-refractivity contribution in [3.63, 3.8) is 0 Å². The Morgan fingerprint density at radius 2 is 1.36 bits per heavy atom. The summed E-state index contributed by atoms with van der Waals surface area (Å²) >= 11 is 0. The number of nitrogens with one attached hydrogen (secondary N) is 1. The Labute approximate surface area is 135 Å². The van der Waals surface area contributed by atoms with Gasteiger partial charge in [-0.25, -0.2) is 0 Å². The fourth-order valence-electron chi connectivity index (χ4n) is 2.41. The van der Waals surface area contributed by atoms with Crippen molar-refractivity contribution in [1.82, 2.24) is 0 Å². The van der Waals surface area contributed by atoms with Crippen LogP contribution in [0.1, 0.15) is 64.7 Å². The Bertz CT molecular complexity index is 497.